The molecule has 0 unspecified atom stereocenters. The van der Waals surface area contributed by atoms with Gasteiger partial charge in [-0.05, 0) is 66.4 Å². The van der Waals surface area contributed by atoms with Crippen LogP contribution >= 0.6 is 0 Å². The van der Waals surface area contributed by atoms with Gasteiger partial charge in [-0.15, -0.1) is 0 Å². The average molecular weight is 564 g/mol. The van der Waals surface area contributed by atoms with Crippen molar-refractivity contribution in [2.24, 2.45) is 0 Å². The molecule has 0 radical (unpaired) electrons. The van der Waals surface area contributed by atoms with Gasteiger partial charge in [-0.3, -0.25) is 10.2 Å². The minimum absolute atomic E-state index is 0.0857. The molecular weight excluding hydrogens is 518 g/mol. The number of carbonyl (C=O) groups is 4. The molecule has 1 heterocycles. The van der Waals surface area contributed by atoms with E-state index < -0.39 is 35.5 Å². The molecule has 0 aromatic heterocycles. The molecule has 0 aliphatic carbocycles. The van der Waals surface area contributed by atoms with E-state index in [0.717, 1.165) is 5.56 Å². The highest BCUT2D eigenvalue weighted by molar-refractivity contribution is 5.85. The van der Waals surface area contributed by atoms with Crippen LogP contribution in [-0.4, -0.2) is 84.1 Å². The molecule has 4 amide bonds. The van der Waals surface area contributed by atoms with E-state index in [9.17, 15) is 19.2 Å². The standard InChI is InChI=1S/C28H45N5O7/c1-27(2,3)39-24(35)29-15-11-10-14-22(30-25(36)38-20-21-12-8-7-9-13-21)23(34)32-16-18-33(19-17-32)31-26(37)40-28(4,5)6/h7-9,12-13,22H,10-11,14-20H2,1-6H3,(H,29,35)(H,30,36)(H,31,37)/t22-/m1/s1. The summed E-state index contributed by atoms with van der Waals surface area (Å²) in [6.45, 7) is 12.8. The van der Waals surface area contributed by atoms with Gasteiger partial charge in [0.2, 0.25) is 5.91 Å². The number of amides is 4. The highest BCUT2D eigenvalue weighted by Gasteiger charge is 2.30. The van der Waals surface area contributed by atoms with Gasteiger partial charge in [0.05, 0.1) is 0 Å². The summed E-state index contributed by atoms with van der Waals surface area (Å²) in [5.41, 5.74) is 2.34. The molecule has 1 aromatic rings. The molecule has 12 nitrogen and oxygen atoms in total. The average Bonchev–Trinajstić information content (AvgIpc) is 2.85. The number of ether oxygens (including phenoxy) is 3. The largest absolute Gasteiger partial charge is 0.445 e. The molecule has 1 fully saturated rings. The smallest absolute Gasteiger partial charge is 0.422 e. The number of rotatable bonds is 10. The Bertz CT molecular complexity index is 968. The van der Waals surface area contributed by atoms with Gasteiger partial charge in [-0.25, -0.2) is 19.4 Å². The van der Waals surface area contributed by atoms with E-state index in [1.165, 1.54) is 0 Å². The number of piperazine rings is 1. The topological polar surface area (TPSA) is 139 Å². The lowest BCUT2D eigenvalue weighted by molar-refractivity contribution is -0.135. The number of hydrogen-bond acceptors (Lipinski definition) is 8. The van der Waals surface area contributed by atoms with Crippen LogP contribution < -0.4 is 16.1 Å². The first-order valence-corrected chi connectivity index (χ1v) is 13.7. The van der Waals surface area contributed by atoms with Gasteiger partial charge < -0.3 is 29.7 Å². The van der Waals surface area contributed by atoms with Crippen molar-refractivity contribution >= 4 is 24.2 Å². The molecule has 0 saturated carbocycles. The van der Waals surface area contributed by atoms with E-state index in [4.69, 9.17) is 14.2 Å². The van der Waals surface area contributed by atoms with Crippen molar-refractivity contribution in [3.8, 4) is 0 Å². The van der Waals surface area contributed by atoms with Crippen molar-refractivity contribution < 1.29 is 33.4 Å². The van der Waals surface area contributed by atoms with Gasteiger partial charge in [0, 0.05) is 32.7 Å². The summed E-state index contributed by atoms with van der Waals surface area (Å²) in [6.07, 6.45) is -0.193. The quantitative estimate of drug-likeness (QED) is 0.290. The minimum atomic E-state index is -0.796. The molecule has 1 saturated heterocycles. The van der Waals surface area contributed by atoms with Crippen LogP contribution in [-0.2, 0) is 25.6 Å². The normalized spacial score (nSPS) is 15.0. The Labute approximate surface area is 237 Å². The molecule has 0 bridgehead atoms. The third-order valence-electron chi connectivity index (χ3n) is 5.63. The van der Waals surface area contributed by atoms with E-state index in [1.807, 2.05) is 30.3 Å². The first-order chi connectivity index (χ1) is 18.7. The van der Waals surface area contributed by atoms with Crippen LogP contribution in [0.5, 0.6) is 0 Å². The molecular formula is C28H45N5O7. The van der Waals surface area contributed by atoms with Crippen LogP contribution in [0.3, 0.4) is 0 Å². The van der Waals surface area contributed by atoms with E-state index in [2.05, 4.69) is 16.1 Å². The number of hydrogen-bond donors (Lipinski definition) is 3. The molecule has 40 heavy (non-hydrogen) atoms. The fourth-order valence-electron chi connectivity index (χ4n) is 3.83. The Kier molecular flexibility index (Phi) is 12.5. The lowest BCUT2D eigenvalue weighted by Gasteiger charge is -2.36. The monoisotopic (exact) mass is 563 g/mol. The lowest BCUT2D eigenvalue weighted by Crippen LogP contribution is -2.58. The fraction of sp³-hybridized carbons (Fsp3) is 0.643. The fourth-order valence-corrected chi connectivity index (χ4v) is 3.83. The molecule has 0 spiro atoms. The van der Waals surface area contributed by atoms with Crippen molar-refractivity contribution in [1.29, 1.82) is 0 Å². The zero-order valence-electron chi connectivity index (χ0n) is 24.6. The molecule has 1 aliphatic rings. The lowest BCUT2D eigenvalue weighted by atomic mass is 10.1. The van der Waals surface area contributed by atoms with Crippen molar-refractivity contribution in [2.45, 2.75) is 84.7 Å². The molecule has 1 aliphatic heterocycles. The van der Waals surface area contributed by atoms with Crippen molar-refractivity contribution in [3.63, 3.8) is 0 Å². The maximum absolute atomic E-state index is 13.4. The molecule has 1 aromatic carbocycles. The molecule has 12 heteroatoms. The second-order valence-electron chi connectivity index (χ2n) is 11.6. The summed E-state index contributed by atoms with van der Waals surface area (Å²) in [7, 11) is 0. The predicted octanol–water partition coefficient (Wildman–Crippen LogP) is 3.56. The second-order valence-corrected chi connectivity index (χ2v) is 11.6. The Hall–Kier alpha value is -3.54. The van der Waals surface area contributed by atoms with Crippen molar-refractivity contribution in [1.82, 2.24) is 26.0 Å². The Morgan fingerprint density at radius 2 is 1.43 bits per heavy atom. The van der Waals surface area contributed by atoms with E-state index in [-0.39, 0.29) is 12.5 Å². The summed E-state index contributed by atoms with van der Waals surface area (Å²) < 4.78 is 15.9. The molecule has 2 rings (SSSR count). The Morgan fingerprint density at radius 3 is 2.02 bits per heavy atom. The third kappa shape index (κ3) is 13.5. The van der Waals surface area contributed by atoms with Gasteiger partial charge in [0.25, 0.3) is 0 Å². The highest BCUT2D eigenvalue weighted by atomic mass is 16.6. The number of unbranched alkanes of at least 4 members (excludes halogenated alkanes) is 1. The van der Waals surface area contributed by atoms with Gasteiger partial charge in [0.1, 0.15) is 23.9 Å². The van der Waals surface area contributed by atoms with Gasteiger partial charge >= 0.3 is 18.3 Å². The molecule has 224 valence electrons. The summed E-state index contributed by atoms with van der Waals surface area (Å²) in [6, 6.07) is 8.47. The Morgan fingerprint density at radius 1 is 0.825 bits per heavy atom. The Balaban J connectivity index is 1.89. The number of benzene rings is 1. The van der Waals surface area contributed by atoms with E-state index in [0.29, 0.717) is 52.0 Å². The van der Waals surface area contributed by atoms with Crippen molar-refractivity contribution in [3.05, 3.63) is 35.9 Å². The van der Waals surface area contributed by atoms with E-state index in [1.54, 1.807) is 51.5 Å². The zero-order chi connectivity index (χ0) is 29.8. The first kappa shape index (κ1) is 32.7. The summed E-state index contributed by atoms with van der Waals surface area (Å²) >= 11 is 0. The second kappa shape index (κ2) is 15.3. The molecule has 3 N–H and O–H groups in total. The maximum atomic E-state index is 13.4. The van der Waals surface area contributed by atoms with Crippen molar-refractivity contribution in [2.75, 3.05) is 32.7 Å². The SMILES string of the molecule is CC(C)(C)OC(=O)NCCCC[C@@H](NC(=O)OCc1ccccc1)C(=O)N1CCN(NC(=O)OC(C)(C)C)CC1. The summed E-state index contributed by atoms with van der Waals surface area (Å²) in [4.78, 5) is 51.5. The third-order valence-corrected chi connectivity index (χ3v) is 5.63. The van der Waals surface area contributed by atoms with Crippen LogP contribution in [0.25, 0.3) is 0 Å². The highest BCUT2D eigenvalue weighted by Crippen LogP contribution is 2.11. The van der Waals surface area contributed by atoms with E-state index >= 15 is 0 Å². The summed E-state index contributed by atoms with van der Waals surface area (Å²) in [5.74, 6) is -0.228. The van der Waals surface area contributed by atoms with Gasteiger partial charge in [0.15, 0.2) is 0 Å². The van der Waals surface area contributed by atoms with Crippen LogP contribution in [0, 0.1) is 0 Å². The predicted molar refractivity (Wildman–Crippen MR) is 149 cm³/mol. The van der Waals surface area contributed by atoms with Crippen LogP contribution in [0.1, 0.15) is 66.4 Å². The number of carbonyl (C=O) groups excluding carboxylic acids is 4. The number of alkyl carbamates (subject to hydrolysis) is 2. The zero-order valence-corrected chi connectivity index (χ0v) is 24.6. The van der Waals surface area contributed by atoms with Crippen LogP contribution in [0.15, 0.2) is 30.3 Å². The first-order valence-electron chi connectivity index (χ1n) is 13.7. The number of nitrogens with zero attached hydrogens (tertiary/aromatic N) is 2. The summed E-state index contributed by atoms with van der Waals surface area (Å²) in [5, 5.41) is 7.12. The van der Waals surface area contributed by atoms with Crippen LogP contribution in [0.4, 0.5) is 14.4 Å². The minimum Gasteiger partial charge on any atom is -0.445 e. The maximum Gasteiger partial charge on any atom is 0.422 e. The molecule has 1 atom stereocenters. The van der Waals surface area contributed by atoms with Gasteiger partial charge in [-0.1, -0.05) is 30.3 Å². The number of nitrogens with one attached hydrogen (secondary N) is 3. The van der Waals surface area contributed by atoms with Gasteiger partial charge in [-0.2, -0.15) is 0 Å². The van der Waals surface area contributed by atoms with Crippen LogP contribution in [0.2, 0.25) is 0 Å². The number of hydrazine groups is 1.